The molecular formula is C8H10N4. The van der Waals surface area contributed by atoms with Crippen LogP contribution < -0.4 is 5.32 Å². The van der Waals surface area contributed by atoms with Crippen LogP contribution >= 0.6 is 0 Å². The zero-order valence-corrected chi connectivity index (χ0v) is 6.83. The van der Waals surface area contributed by atoms with E-state index in [9.17, 15) is 0 Å². The second kappa shape index (κ2) is 2.91. The molecule has 62 valence electrons. The third-order valence-electron chi connectivity index (χ3n) is 1.78. The summed E-state index contributed by atoms with van der Waals surface area (Å²) in [4.78, 5) is 11.2. The van der Waals surface area contributed by atoms with Gasteiger partial charge in [-0.25, -0.2) is 9.97 Å². The number of aromatic amines is 1. The van der Waals surface area contributed by atoms with Gasteiger partial charge < -0.3 is 10.3 Å². The highest BCUT2D eigenvalue weighted by molar-refractivity contribution is 5.73. The molecule has 0 aliphatic rings. The van der Waals surface area contributed by atoms with E-state index < -0.39 is 0 Å². The zero-order chi connectivity index (χ0) is 8.39. The molecule has 2 heterocycles. The van der Waals surface area contributed by atoms with Crippen LogP contribution in [0.15, 0.2) is 18.6 Å². The molecule has 0 radical (unpaired) electrons. The molecule has 0 unspecified atom stereocenters. The number of hydrogen-bond acceptors (Lipinski definition) is 3. The highest BCUT2D eigenvalue weighted by Gasteiger charge is 2.01. The molecule has 0 aromatic carbocycles. The molecule has 2 N–H and O–H groups in total. The lowest BCUT2D eigenvalue weighted by Gasteiger charge is -1.99. The molecule has 0 fully saturated rings. The normalized spacial score (nSPS) is 10.8. The van der Waals surface area contributed by atoms with Crippen molar-refractivity contribution >= 4 is 11.2 Å². The third-order valence-corrected chi connectivity index (χ3v) is 1.78. The second-order valence-corrected chi connectivity index (χ2v) is 2.60. The molecule has 12 heavy (non-hydrogen) atoms. The van der Waals surface area contributed by atoms with Crippen LogP contribution in [0, 0.1) is 0 Å². The van der Waals surface area contributed by atoms with Crippen molar-refractivity contribution in [3.05, 3.63) is 24.2 Å². The minimum Gasteiger partial charge on any atom is -0.343 e. The SMILES string of the molecule is CNCc1ccnc2nc[nH]c12. The molecule has 0 amide bonds. The predicted molar refractivity (Wildman–Crippen MR) is 46.7 cm³/mol. The summed E-state index contributed by atoms with van der Waals surface area (Å²) in [5.74, 6) is 0. The lowest BCUT2D eigenvalue weighted by Crippen LogP contribution is -2.05. The fourth-order valence-corrected chi connectivity index (χ4v) is 1.24. The number of imidazole rings is 1. The van der Waals surface area contributed by atoms with Crippen molar-refractivity contribution < 1.29 is 0 Å². The Morgan fingerprint density at radius 3 is 3.25 bits per heavy atom. The van der Waals surface area contributed by atoms with Gasteiger partial charge in [0.05, 0.1) is 11.8 Å². The number of pyridine rings is 1. The summed E-state index contributed by atoms with van der Waals surface area (Å²) in [6.07, 6.45) is 3.44. The van der Waals surface area contributed by atoms with E-state index in [-0.39, 0.29) is 0 Å². The van der Waals surface area contributed by atoms with E-state index in [1.54, 1.807) is 12.5 Å². The molecule has 0 saturated carbocycles. The molecule has 2 rings (SSSR count). The van der Waals surface area contributed by atoms with Gasteiger partial charge >= 0.3 is 0 Å². The van der Waals surface area contributed by atoms with Gasteiger partial charge in [-0.3, -0.25) is 0 Å². The van der Waals surface area contributed by atoms with Gasteiger partial charge in [0.1, 0.15) is 0 Å². The average Bonchev–Trinajstić information content (AvgIpc) is 2.53. The Labute approximate surface area is 70.0 Å². The Balaban J connectivity index is 2.57. The van der Waals surface area contributed by atoms with E-state index in [1.165, 1.54) is 5.56 Å². The van der Waals surface area contributed by atoms with E-state index in [2.05, 4.69) is 20.3 Å². The molecule has 0 aliphatic heterocycles. The summed E-state index contributed by atoms with van der Waals surface area (Å²) in [5, 5.41) is 3.09. The Morgan fingerprint density at radius 2 is 2.42 bits per heavy atom. The predicted octanol–water partition coefficient (Wildman–Crippen LogP) is 0.677. The van der Waals surface area contributed by atoms with Gasteiger partial charge in [-0.15, -0.1) is 0 Å². The Hall–Kier alpha value is -1.42. The number of aromatic nitrogens is 3. The summed E-state index contributed by atoms with van der Waals surface area (Å²) in [6, 6.07) is 1.98. The van der Waals surface area contributed by atoms with Gasteiger partial charge in [0, 0.05) is 12.7 Å². The first-order chi connectivity index (χ1) is 5.92. The number of fused-ring (bicyclic) bond motifs is 1. The quantitative estimate of drug-likeness (QED) is 0.682. The third kappa shape index (κ3) is 1.06. The van der Waals surface area contributed by atoms with Crippen LogP contribution in [0.2, 0.25) is 0 Å². The topological polar surface area (TPSA) is 53.6 Å². The first-order valence-electron chi connectivity index (χ1n) is 3.83. The smallest absolute Gasteiger partial charge is 0.177 e. The minimum absolute atomic E-state index is 0.780. The summed E-state index contributed by atoms with van der Waals surface area (Å²) in [6.45, 7) is 0.835. The van der Waals surface area contributed by atoms with Crippen molar-refractivity contribution in [3.8, 4) is 0 Å². The highest BCUT2D eigenvalue weighted by Crippen LogP contribution is 2.10. The number of nitrogens with one attached hydrogen (secondary N) is 2. The van der Waals surface area contributed by atoms with Crippen LogP contribution in [-0.2, 0) is 6.54 Å². The molecule has 2 aromatic rings. The molecule has 0 spiro atoms. The lowest BCUT2D eigenvalue weighted by molar-refractivity contribution is 0.821. The van der Waals surface area contributed by atoms with Gasteiger partial charge in [0.15, 0.2) is 5.65 Å². The monoisotopic (exact) mass is 162 g/mol. The fraction of sp³-hybridized carbons (Fsp3) is 0.250. The fourth-order valence-electron chi connectivity index (χ4n) is 1.24. The largest absolute Gasteiger partial charge is 0.343 e. The van der Waals surface area contributed by atoms with Crippen LogP contribution in [0.4, 0.5) is 0 Å². The van der Waals surface area contributed by atoms with Crippen LogP contribution in [0.3, 0.4) is 0 Å². The van der Waals surface area contributed by atoms with E-state index in [1.807, 2.05) is 13.1 Å². The van der Waals surface area contributed by atoms with Crippen molar-refractivity contribution in [2.45, 2.75) is 6.54 Å². The van der Waals surface area contributed by atoms with Crippen molar-refractivity contribution in [2.75, 3.05) is 7.05 Å². The zero-order valence-electron chi connectivity index (χ0n) is 6.83. The lowest BCUT2D eigenvalue weighted by atomic mass is 10.2. The van der Waals surface area contributed by atoms with Crippen LogP contribution in [-0.4, -0.2) is 22.0 Å². The molecule has 0 saturated heterocycles. The van der Waals surface area contributed by atoms with Gasteiger partial charge in [0.2, 0.25) is 0 Å². The maximum Gasteiger partial charge on any atom is 0.177 e. The van der Waals surface area contributed by atoms with Crippen LogP contribution in [0.1, 0.15) is 5.56 Å². The molecule has 4 heteroatoms. The summed E-state index contributed by atoms with van der Waals surface area (Å²) >= 11 is 0. The second-order valence-electron chi connectivity index (χ2n) is 2.60. The van der Waals surface area contributed by atoms with E-state index in [4.69, 9.17) is 0 Å². The molecule has 0 bridgehead atoms. The number of H-pyrrole nitrogens is 1. The maximum atomic E-state index is 4.11. The standard InChI is InChI=1S/C8H10N4/c1-9-4-6-2-3-10-8-7(6)11-5-12-8/h2-3,5,9H,4H2,1H3,(H,10,11,12). The van der Waals surface area contributed by atoms with Crippen LogP contribution in [0.25, 0.3) is 11.2 Å². The first kappa shape index (κ1) is 7.24. The van der Waals surface area contributed by atoms with Crippen molar-refractivity contribution in [1.82, 2.24) is 20.3 Å². The molecule has 0 aliphatic carbocycles. The number of nitrogens with zero attached hydrogens (tertiary/aromatic N) is 2. The van der Waals surface area contributed by atoms with E-state index >= 15 is 0 Å². The Morgan fingerprint density at radius 1 is 1.50 bits per heavy atom. The molecular weight excluding hydrogens is 152 g/mol. The first-order valence-corrected chi connectivity index (χ1v) is 3.83. The molecule has 0 atom stereocenters. The number of rotatable bonds is 2. The highest BCUT2D eigenvalue weighted by atomic mass is 14.9. The number of hydrogen-bond donors (Lipinski definition) is 2. The Kier molecular flexibility index (Phi) is 1.75. The Bertz CT molecular complexity index is 379. The maximum absolute atomic E-state index is 4.11. The van der Waals surface area contributed by atoms with Crippen molar-refractivity contribution in [1.29, 1.82) is 0 Å². The van der Waals surface area contributed by atoms with Gasteiger partial charge in [0.25, 0.3) is 0 Å². The summed E-state index contributed by atoms with van der Waals surface area (Å²) in [7, 11) is 1.92. The van der Waals surface area contributed by atoms with E-state index in [0.717, 1.165) is 17.7 Å². The summed E-state index contributed by atoms with van der Waals surface area (Å²) in [5.41, 5.74) is 3.00. The van der Waals surface area contributed by atoms with Gasteiger partial charge in [-0.1, -0.05) is 0 Å². The molecule has 4 nitrogen and oxygen atoms in total. The summed E-state index contributed by atoms with van der Waals surface area (Å²) < 4.78 is 0. The van der Waals surface area contributed by atoms with Crippen molar-refractivity contribution in [2.24, 2.45) is 0 Å². The van der Waals surface area contributed by atoms with Crippen LogP contribution in [0.5, 0.6) is 0 Å². The minimum atomic E-state index is 0.780. The van der Waals surface area contributed by atoms with Gasteiger partial charge in [-0.05, 0) is 18.7 Å². The molecule has 2 aromatic heterocycles. The average molecular weight is 162 g/mol. The van der Waals surface area contributed by atoms with E-state index in [0.29, 0.717) is 0 Å². The van der Waals surface area contributed by atoms with Crippen molar-refractivity contribution in [3.63, 3.8) is 0 Å². The van der Waals surface area contributed by atoms with Gasteiger partial charge in [-0.2, -0.15) is 0 Å².